The number of methoxy groups -OCH3 is 1. The molecule has 0 saturated heterocycles. The molecule has 2 aromatic carbocycles. The molecular weight excluding hydrogens is 528 g/mol. The third-order valence-electron chi connectivity index (χ3n) is 6.49. The highest BCUT2D eigenvalue weighted by Gasteiger charge is 2.47. The number of nitrogens with zero attached hydrogens (tertiary/aromatic N) is 3. The van der Waals surface area contributed by atoms with E-state index in [0.717, 1.165) is 28.7 Å². The van der Waals surface area contributed by atoms with Gasteiger partial charge in [0.05, 0.1) is 25.3 Å². The van der Waals surface area contributed by atoms with Crippen LogP contribution in [0.4, 0.5) is 0 Å². The molecule has 40 heavy (non-hydrogen) atoms. The van der Waals surface area contributed by atoms with E-state index >= 15 is 0 Å². The van der Waals surface area contributed by atoms with E-state index in [0.29, 0.717) is 34.2 Å². The molecule has 0 fully saturated rings. The van der Waals surface area contributed by atoms with Gasteiger partial charge in [-0.1, -0.05) is 29.5 Å². The number of hydrogen-bond acceptors (Lipinski definition) is 10. The zero-order valence-corrected chi connectivity index (χ0v) is 24.5. The minimum Gasteiger partial charge on any atom is -0.490 e. The Balaban J connectivity index is 1.75. The van der Waals surface area contributed by atoms with Crippen molar-refractivity contribution >= 4 is 23.3 Å². The van der Waals surface area contributed by atoms with Gasteiger partial charge in [0.15, 0.2) is 0 Å². The van der Waals surface area contributed by atoms with Crippen LogP contribution in [-0.4, -0.2) is 47.5 Å². The zero-order valence-electron chi connectivity index (χ0n) is 23.7. The minimum absolute atomic E-state index is 0.0507. The fraction of sp³-hybridized carbons (Fsp3) is 0.433. The smallest absolute Gasteiger partial charge is 0.331 e. The molecule has 0 unspecified atom stereocenters. The van der Waals surface area contributed by atoms with Crippen LogP contribution in [0.3, 0.4) is 0 Å². The van der Waals surface area contributed by atoms with Crippen LogP contribution < -0.4 is 10.1 Å². The average molecular weight is 563 g/mol. The molecule has 3 aromatic rings. The second-order valence-corrected chi connectivity index (χ2v) is 11.9. The van der Waals surface area contributed by atoms with Crippen LogP contribution in [0.1, 0.15) is 64.2 Å². The normalized spacial score (nSPS) is 16.6. The lowest BCUT2D eigenvalue weighted by Gasteiger charge is -2.39. The SMILES string of the molecule is COC(=O)CN[C@@]1(C(=O)OC(C)(C)C)CCCc2c(-c3nnc(-c4ccc(OC(C)C)c(C#N)c4)s3)cccc21. The van der Waals surface area contributed by atoms with Crippen molar-refractivity contribution in [3.05, 3.63) is 53.1 Å². The van der Waals surface area contributed by atoms with Crippen molar-refractivity contribution in [2.75, 3.05) is 13.7 Å². The van der Waals surface area contributed by atoms with E-state index in [-0.39, 0.29) is 12.6 Å². The van der Waals surface area contributed by atoms with Crippen LogP contribution in [0.2, 0.25) is 0 Å². The van der Waals surface area contributed by atoms with Gasteiger partial charge in [0.1, 0.15) is 33.0 Å². The van der Waals surface area contributed by atoms with Crippen LogP contribution in [-0.2, 0) is 31.0 Å². The molecule has 0 bridgehead atoms. The van der Waals surface area contributed by atoms with E-state index < -0.39 is 23.1 Å². The lowest BCUT2D eigenvalue weighted by Crippen LogP contribution is -2.55. The molecular formula is C30H34N4O5S. The maximum atomic E-state index is 13.7. The highest BCUT2D eigenvalue weighted by molar-refractivity contribution is 7.17. The zero-order chi connectivity index (χ0) is 29.1. The fourth-order valence-corrected chi connectivity index (χ4v) is 5.70. The van der Waals surface area contributed by atoms with Crippen molar-refractivity contribution in [2.45, 2.75) is 71.1 Å². The molecule has 1 heterocycles. The van der Waals surface area contributed by atoms with Gasteiger partial charge in [0.2, 0.25) is 0 Å². The summed E-state index contributed by atoms with van der Waals surface area (Å²) in [4.78, 5) is 25.8. The van der Waals surface area contributed by atoms with E-state index in [1.54, 1.807) is 12.1 Å². The predicted molar refractivity (Wildman–Crippen MR) is 152 cm³/mol. The number of hydrogen-bond donors (Lipinski definition) is 1. The largest absolute Gasteiger partial charge is 0.490 e. The lowest BCUT2D eigenvalue weighted by molar-refractivity contribution is -0.165. The number of benzene rings is 2. The summed E-state index contributed by atoms with van der Waals surface area (Å²) in [5.41, 5.74) is 1.86. The summed E-state index contributed by atoms with van der Waals surface area (Å²) in [5.74, 6) is -0.379. The summed E-state index contributed by atoms with van der Waals surface area (Å²) in [6, 6.07) is 13.4. The van der Waals surface area contributed by atoms with Gasteiger partial charge in [0.25, 0.3) is 0 Å². The second-order valence-electron chi connectivity index (χ2n) is 10.9. The van der Waals surface area contributed by atoms with Crippen LogP contribution in [0.25, 0.3) is 21.1 Å². The summed E-state index contributed by atoms with van der Waals surface area (Å²) in [7, 11) is 1.31. The minimum atomic E-state index is -1.22. The Labute approximate surface area is 238 Å². The van der Waals surface area contributed by atoms with Crippen molar-refractivity contribution in [2.24, 2.45) is 0 Å². The highest BCUT2D eigenvalue weighted by atomic mass is 32.1. The molecule has 10 heteroatoms. The van der Waals surface area contributed by atoms with Gasteiger partial charge in [-0.2, -0.15) is 5.26 Å². The number of esters is 2. The second kappa shape index (κ2) is 11.7. The molecule has 0 amide bonds. The number of carbonyl (C=O) groups excluding carboxylic acids is 2. The quantitative estimate of drug-likeness (QED) is 0.371. The first-order chi connectivity index (χ1) is 19.0. The molecule has 210 valence electrons. The first-order valence-electron chi connectivity index (χ1n) is 13.2. The fourth-order valence-electron chi connectivity index (χ4n) is 4.81. The summed E-state index contributed by atoms with van der Waals surface area (Å²) in [5, 5.41) is 23.1. The number of rotatable bonds is 8. The third kappa shape index (κ3) is 6.16. The molecule has 4 rings (SSSR count). The molecule has 1 aromatic heterocycles. The van der Waals surface area contributed by atoms with Gasteiger partial charge < -0.3 is 14.2 Å². The van der Waals surface area contributed by atoms with Gasteiger partial charge >= 0.3 is 11.9 Å². The number of ether oxygens (including phenoxy) is 3. The van der Waals surface area contributed by atoms with Gasteiger partial charge in [-0.25, -0.2) is 4.79 Å². The Morgan fingerprint density at radius 3 is 2.60 bits per heavy atom. The summed E-state index contributed by atoms with van der Waals surface area (Å²) in [6.07, 6.45) is 1.85. The molecule has 9 nitrogen and oxygen atoms in total. The first kappa shape index (κ1) is 29.2. The molecule has 0 saturated carbocycles. The molecule has 0 aliphatic heterocycles. The molecule has 0 spiro atoms. The van der Waals surface area contributed by atoms with Gasteiger partial charge in [-0.15, -0.1) is 10.2 Å². The Kier molecular flexibility index (Phi) is 8.57. The Bertz CT molecular complexity index is 1450. The monoisotopic (exact) mass is 562 g/mol. The number of nitriles is 1. The number of carbonyl (C=O) groups is 2. The van der Waals surface area contributed by atoms with E-state index in [9.17, 15) is 14.9 Å². The predicted octanol–water partition coefficient (Wildman–Crippen LogP) is 5.17. The molecule has 1 N–H and O–H groups in total. The van der Waals surface area contributed by atoms with E-state index in [2.05, 4.69) is 21.6 Å². The van der Waals surface area contributed by atoms with Crippen LogP contribution >= 0.6 is 11.3 Å². The maximum absolute atomic E-state index is 13.7. The summed E-state index contributed by atoms with van der Waals surface area (Å²) in [6.45, 7) is 9.15. The topological polar surface area (TPSA) is 123 Å². The molecule has 1 atom stereocenters. The number of fused-ring (bicyclic) bond motifs is 1. The standard InChI is InChI=1S/C30H34N4O5S/c1-18(2)38-24-13-12-19(15-20(24)16-31)26-33-34-27(40-26)22-9-7-11-23-21(22)10-8-14-30(23,32-17-25(35)37-6)28(36)39-29(3,4)5/h7,9,11-13,15,18,32H,8,10,14,17H2,1-6H3/t30-/m0/s1. The van der Waals surface area contributed by atoms with Gasteiger partial charge in [-0.3, -0.25) is 10.1 Å². The van der Waals surface area contributed by atoms with E-state index in [1.165, 1.54) is 18.4 Å². The van der Waals surface area contributed by atoms with Crippen molar-refractivity contribution in [1.29, 1.82) is 5.26 Å². The van der Waals surface area contributed by atoms with E-state index in [4.69, 9.17) is 14.2 Å². The van der Waals surface area contributed by atoms with Crippen LogP contribution in [0, 0.1) is 11.3 Å². The van der Waals surface area contributed by atoms with Crippen molar-refractivity contribution in [1.82, 2.24) is 15.5 Å². The molecule has 0 radical (unpaired) electrons. The van der Waals surface area contributed by atoms with Crippen LogP contribution in [0.5, 0.6) is 5.75 Å². The van der Waals surface area contributed by atoms with Crippen molar-refractivity contribution in [3.8, 4) is 33.0 Å². The Hall–Kier alpha value is -3.81. The van der Waals surface area contributed by atoms with Gasteiger partial charge in [0, 0.05) is 11.1 Å². The van der Waals surface area contributed by atoms with Crippen LogP contribution in [0.15, 0.2) is 36.4 Å². The third-order valence-corrected chi connectivity index (χ3v) is 7.49. The highest BCUT2D eigenvalue weighted by Crippen LogP contribution is 2.43. The number of aromatic nitrogens is 2. The van der Waals surface area contributed by atoms with E-state index in [1.807, 2.05) is 58.9 Å². The first-order valence-corrected chi connectivity index (χ1v) is 14.0. The van der Waals surface area contributed by atoms with Gasteiger partial charge in [-0.05, 0) is 83.2 Å². The Morgan fingerprint density at radius 2 is 1.93 bits per heavy atom. The van der Waals surface area contributed by atoms with Crippen molar-refractivity contribution < 1.29 is 23.8 Å². The summed E-state index contributed by atoms with van der Waals surface area (Å²) >= 11 is 1.41. The van der Waals surface area contributed by atoms with Crippen molar-refractivity contribution in [3.63, 3.8) is 0 Å². The number of nitrogens with one attached hydrogen (secondary N) is 1. The molecule has 1 aliphatic carbocycles. The maximum Gasteiger partial charge on any atom is 0.331 e. The Morgan fingerprint density at radius 1 is 1.18 bits per heavy atom. The average Bonchev–Trinajstić information content (AvgIpc) is 3.40. The molecule has 1 aliphatic rings. The summed E-state index contributed by atoms with van der Waals surface area (Å²) < 4.78 is 16.4. The lowest BCUT2D eigenvalue weighted by atomic mass is 9.74.